The smallest absolute Gasteiger partial charge is 0.128 e. The molecule has 0 saturated heterocycles. The SMILES string of the molecule is CC1=CN=C(Cl)C=CC1. The van der Waals surface area contributed by atoms with Gasteiger partial charge in [0.05, 0.1) is 0 Å². The Morgan fingerprint density at radius 1 is 1.67 bits per heavy atom. The first-order chi connectivity index (χ1) is 4.29. The predicted molar refractivity (Wildman–Crippen MR) is 40.8 cm³/mol. The molecule has 1 aliphatic heterocycles. The van der Waals surface area contributed by atoms with Crippen molar-refractivity contribution in [2.24, 2.45) is 4.99 Å². The molecule has 0 N–H and O–H groups in total. The third kappa shape index (κ3) is 2.02. The molecular formula is C7H8ClN. The average molecular weight is 142 g/mol. The monoisotopic (exact) mass is 141 g/mol. The van der Waals surface area contributed by atoms with Gasteiger partial charge in [-0.2, -0.15) is 0 Å². The fraction of sp³-hybridized carbons (Fsp3) is 0.286. The zero-order valence-electron chi connectivity index (χ0n) is 5.26. The van der Waals surface area contributed by atoms with Gasteiger partial charge in [-0.15, -0.1) is 0 Å². The van der Waals surface area contributed by atoms with E-state index in [0.29, 0.717) is 5.17 Å². The molecular weight excluding hydrogens is 134 g/mol. The van der Waals surface area contributed by atoms with E-state index in [1.807, 2.05) is 19.1 Å². The molecule has 1 heterocycles. The summed E-state index contributed by atoms with van der Waals surface area (Å²) >= 11 is 5.60. The Labute approximate surface area is 59.7 Å². The van der Waals surface area contributed by atoms with Crippen molar-refractivity contribution in [3.63, 3.8) is 0 Å². The van der Waals surface area contributed by atoms with Crippen molar-refractivity contribution in [1.82, 2.24) is 0 Å². The summed E-state index contributed by atoms with van der Waals surface area (Å²) in [5.74, 6) is 0. The normalized spacial score (nSPS) is 18.4. The van der Waals surface area contributed by atoms with Gasteiger partial charge in [-0.3, -0.25) is 0 Å². The van der Waals surface area contributed by atoms with Gasteiger partial charge >= 0.3 is 0 Å². The predicted octanol–water partition coefficient (Wildman–Crippen LogP) is 2.49. The largest absolute Gasteiger partial charge is 0.245 e. The van der Waals surface area contributed by atoms with E-state index in [4.69, 9.17) is 11.6 Å². The van der Waals surface area contributed by atoms with Crippen LogP contribution in [0, 0.1) is 0 Å². The van der Waals surface area contributed by atoms with E-state index in [9.17, 15) is 0 Å². The first-order valence-corrected chi connectivity index (χ1v) is 3.22. The molecule has 0 aliphatic carbocycles. The summed E-state index contributed by atoms with van der Waals surface area (Å²) in [6, 6.07) is 0. The fourth-order valence-corrected chi connectivity index (χ4v) is 0.748. The van der Waals surface area contributed by atoms with E-state index in [-0.39, 0.29) is 0 Å². The Kier molecular flexibility index (Phi) is 2.06. The van der Waals surface area contributed by atoms with Crippen molar-refractivity contribution >= 4 is 16.8 Å². The lowest BCUT2D eigenvalue weighted by Gasteiger charge is -1.85. The highest BCUT2D eigenvalue weighted by atomic mass is 35.5. The number of halogens is 1. The van der Waals surface area contributed by atoms with Crippen LogP contribution in [-0.2, 0) is 0 Å². The standard InChI is InChI=1S/C7H8ClN/c1-6-3-2-4-7(8)9-5-6/h2,4-5H,3H2,1H3. The number of hydrogen-bond donors (Lipinski definition) is 0. The van der Waals surface area contributed by atoms with E-state index in [1.165, 1.54) is 5.57 Å². The average Bonchev–Trinajstić information content (AvgIpc) is 1.97. The van der Waals surface area contributed by atoms with Gasteiger partial charge < -0.3 is 0 Å². The highest BCUT2D eigenvalue weighted by Gasteiger charge is 1.91. The summed E-state index contributed by atoms with van der Waals surface area (Å²) in [6.07, 6.45) is 6.57. The molecule has 0 amide bonds. The summed E-state index contributed by atoms with van der Waals surface area (Å²) in [6.45, 7) is 2.03. The molecule has 9 heavy (non-hydrogen) atoms. The zero-order valence-corrected chi connectivity index (χ0v) is 6.02. The molecule has 0 atom stereocenters. The Morgan fingerprint density at radius 2 is 2.44 bits per heavy atom. The van der Waals surface area contributed by atoms with Crippen molar-refractivity contribution in [3.8, 4) is 0 Å². The molecule has 1 rings (SSSR count). The van der Waals surface area contributed by atoms with E-state index in [2.05, 4.69) is 4.99 Å². The molecule has 0 unspecified atom stereocenters. The van der Waals surface area contributed by atoms with Crippen molar-refractivity contribution in [3.05, 3.63) is 23.9 Å². The topological polar surface area (TPSA) is 12.4 Å². The molecule has 48 valence electrons. The van der Waals surface area contributed by atoms with Gasteiger partial charge in [0.1, 0.15) is 5.17 Å². The van der Waals surface area contributed by atoms with Gasteiger partial charge in [0.2, 0.25) is 0 Å². The van der Waals surface area contributed by atoms with Crippen LogP contribution in [0.3, 0.4) is 0 Å². The molecule has 0 bridgehead atoms. The van der Waals surface area contributed by atoms with Gasteiger partial charge in [-0.05, 0) is 19.4 Å². The number of aliphatic imine (C=N–C) groups is 1. The molecule has 2 heteroatoms. The second kappa shape index (κ2) is 2.83. The maximum absolute atomic E-state index is 5.60. The minimum Gasteiger partial charge on any atom is -0.245 e. The van der Waals surface area contributed by atoms with Crippen LogP contribution in [0.25, 0.3) is 0 Å². The maximum atomic E-state index is 5.60. The third-order valence-corrected chi connectivity index (χ3v) is 1.33. The quantitative estimate of drug-likeness (QED) is 0.492. The molecule has 0 radical (unpaired) electrons. The molecule has 0 spiro atoms. The van der Waals surface area contributed by atoms with Crippen molar-refractivity contribution < 1.29 is 0 Å². The van der Waals surface area contributed by atoms with Crippen LogP contribution in [0.2, 0.25) is 0 Å². The molecule has 1 nitrogen and oxygen atoms in total. The van der Waals surface area contributed by atoms with Gasteiger partial charge in [0, 0.05) is 6.20 Å². The minimum atomic E-state index is 0.562. The molecule has 0 aromatic heterocycles. The van der Waals surface area contributed by atoms with Crippen LogP contribution < -0.4 is 0 Å². The highest BCUT2D eigenvalue weighted by molar-refractivity contribution is 6.68. The number of rotatable bonds is 0. The van der Waals surface area contributed by atoms with Crippen molar-refractivity contribution in [2.45, 2.75) is 13.3 Å². The summed E-state index contributed by atoms with van der Waals surface area (Å²) in [5.41, 5.74) is 1.24. The summed E-state index contributed by atoms with van der Waals surface area (Å²) in [7, 11) is 0. The summed E-state index contributed by atoms with van der Waals surface area (Å²) in [4.78, 5) is 3.94. The Bertz CT molecular complexity index is 189. The van der Waals surface area contributed by atoms with Crippen molar-refractivity contribution in [2.75, 3.05) is 0 Å². The highest BCUT2D eigenvalue weighted by Crippen LogP contribution is 2.06. The third-order valence-electron chi connectivity index (χ3n) is 1.10. The molecule has 1 aliphatic rings. The minimum absolute atomic E-state index is 0.562. The van der Waals surface area contributed by atoms with Gasteiger partial charge in [0.15, 0.2) is 0 Å². The first-order valence-electron chi connectivity index (χ1n) is 2.84. The van der Waals surface area contributed by atoms with Gasteiger partial charge in [-0.1, -0.05) is 23.3 Å². The zero-order chi connectivity index (χ0) is 6.69. The van der Waals surface area contributed by atoms with E-state index < -0.39 is 0 Å². The summed E-state index contributed by atoms with van der Waals surface area (Å²) in [5, 5.41) is 0.562. The second-order valence-corrected chi connectivity index (χ2v) is 2.42. The second-order valence-electron chi connectivity index (χ2n) is 2.03. The molecule has 0 aromatic carbocycles. The lowest BCUT2D eigenvalue weighted by molar-refractivity contribution is 1.20. The van der Waals surface area contributed by atoms with Crippen LogP contribution >= 0.6 is 11.6 Å². The number of nitrogens with zero attached hydrogens (tertiary/aromatic N) is 1. The Hall–Kier alpha value is -0.560. The Morgan fingerprint density at radius 3 is 3.22 bits per heavy atom. The van der Waals surface area contributed by atoms with Gasteiger partial charge in [0.25, 0.3) is 0 Å². The van der Waals surface area contributed by atoms with E-state index in [0.717, 1.165) is 6.42 Å². The molecule has 0 saturated carbocycles. The van der Waals surface area contributed by atoms with E-state index >= 15 is 0 Å². The maximum Gasteiger partial charge on any atom is 0.128 e. The van der Waals surface area contributed by atoms with Crippen LogP contribution in [0.4, 0.5) is 0 Å². The van der Waals surface area contributed by atoms with Crippen LogP contribution in [0.1, 0.15) is 13.3 Å². The molecule has 0 aromatic rings. The molecule has 0 fully saturated rings. The van der Waals surface area contributed by atoms with E-state index in [1.54, 1.807) is 6.20 Å². The van der Waals surface area contributed by atoms with Crippen LogP contribution in [0.15, 0.2) is 28.9 Å². The van der Waals surface area contributed by atoms with Crippen LogP contribution in [0.5, 0.6) is 0 Å². The van der Waals surface area contributed by atoms with Crippen molar-refractivity contribution in [1.29, 1.82) is 0 Å². The number of allylic oxidation sites excluding steroid dienone is 3. The Balaban J connectivity index is 2.80. The van der Waals surface area contributed by atoms with Gasteiger partial charge in [-0.25, -0.2) is 4.99 Å². The summed E-state index contributed by atoms with van der Waals surface area (Å²) < 4.78 is 0. The lowest BCUT2D eigenvalue weighted by atomic mass is 10.2. The van der Waals surface area contributed by atoms with Crippen LogP contribution in [-0.4, -0.2) is 5.17 Å². The first kappa shape index (κ1) is 6.56. The fourth-order valence-electron chi connectivity index (χ4n) is 0.610. The number of hydrogen-bond acceptors (Lipinski definition) is 1. The lowest BCUT2D eigenvalue weighted by Crippen LogP contribution is -1.72.